The molecule has 3 aromatic rings. The van der Waals surface area contributed by atoms with Crippen molar-refractivity contribution in [3.8, 4) is 17.3 Å². The van der Waals surface area contributed by atoms with E-state index in [-0.39, 0.29) is 12.5 Å². The predicted octanol–water partition coefficient (Wildman–Crippen LogP) is 3.77. The SMILES string of the molecule is COc1cccc(CCCNC(=O)COc2nn(-c3ccccc3)cc2Br)c1. The summed E-state index contributed by atoms with van der Waals surface area (Å²) in [5, 5.41) is 7.22. The van der Waals surface area contributed by atoms with Crippen LogP contribution in [0.15, 0.2) is 65.3 Å². The molecule has 0 atom stereocenters. The maximum Gasteiger partial charge on any atom is 0.258 e. The number of carbonyl (C=O) groups excluding carboxylic acids is 1. The van der Waals surface area contributed by atoms with Crippen LogP contribution in [0.1, 0.15) is 12.0 Å². The zero-order valence-electron chi connectivity index (χ0n) is 15.6. The van der Waals surface area contributed by atoms with Gasteiger partial charge in [0.1, 0.15) is 5.75 Å². The second kappa shape index (κ2) is 9.94. The molecule has 7 heteroatoms. The number of ether oxygens (including phenoxy) is 2. The van der Waals surface area contributed by atoms with Gasteiger partial charge in [-0.25, -0.2) is 4.68 Å². The minimum Gasteiger partial charge on any atom is -0.497 e. The van der Waals surface area contributed by atoms with E-state index in [4.69, 9.17) is 9.47 Å². The van der Waals surface area contributed by atoms with Crippen LogP contribution in [0.4, 0.5) is 0 Å². The lowest BCUT2D eigenvalue weighted by Crippen LogP contribution is -2.30. The molecule has 0 spiro atoms. The molecule has 0 saturated carbocycles. The van der Waals surface area contributed by atoms with Crippen LogP contribution >= 0.6 is 15.9 Å². The molecule has 1 N–H and O–H groups in total. The second-order valence-corrected chi connectivity index (χ2v) is 7.01. The van der Waals surface area contributed by atoms with E-state index in [0.29, 0.717) is 16.9 Å². The van der Waals surface area contributed by atoms with E-state index >= 15 is 0 Å². The Hall–Kier alpha value is -2.80. The molecule has 0 aliphatic heterocycles. The normalized spacial score (nSPS) is 10.5. The number of methoxy groups -OCH3 is 1. The van der Waals surface area contributed by atoms with E-state index in [0.717, 1.165) is 24.3 Å². The summed E-state index contributed by atoms with van der Waals surface area (Å²) in [6, 6.07) is 17.6. The van der Waals surface area contributed by atoms with Gasteiger partial charge in [0.15, 0.2) is 6.61 Å². The average molecular weight is 444 g/mol. The van der Waals surface area contributed by atoms with Gasteiger partial charge in [-0.2, -0.15) is 0 Å². The number of rotatable bonds is 9. The van der Waals surface area contributed by atoms with Crippen LogP contribution in [-0.2, 0) is 11.2 Å². The summed E-state index contributed by atoms with van der Waals surface area (Å²) in [5.41, 5.74) is 2.10. The number of amides is 1. The third-order valence-corrected chi connectivity index (χ3v) is 4.64. The molecule has 3 rings (SSSR count). The molecule has 1 heterocycles. The second-order valence-electron chi connectivity index (χ2n) is 6.16. The van der Waals surface area contributed by atoms with E-state index in [9.17, 15) is 4.79 Å². The number of benzene rings is 2. The highest BCUT2D eigenvalue weighted by molar-refractivity contribution is 9.10. The Morgan fingerprint density at radius 1 is 1.18 bits per heavy atom. The summed E-state index contributed by atoms with van der Waals surface area (Å²) in [5.74, 6) is 1.05. The number of nitrogens with zero attached hydrogens (tertiary/aromatic N) is 2. The number of carbonyl (C=O) groups is 1. The summed E-state index contributed by atoms with van der Waals surface area (Å²) in [6.07, 6.45) is 3.51. The van der Waals surface area contributed by atoms with Crippen LogP contribution in [0, 0.1) is 0 Å². The standard InChI is InChI=1S/C21H22BrN3O3/c1-27-18-11-5-7-16(13-18)8-6-12-23-20(26)15-28-21-19(22)14-25(24-21)17-9-3-2-4-10-17/h2-5,7,9-11,13-14H,6,8,12,15H2,1H3,(H,23,26). The van der Waals surface area contributed by atoms with Crippen molar-refractivity contribution in [1.82, 2.24) is 15.1 Å². The maximum absolute atomic E-state index is 12.0. The highest BCUT2D eigenvalue weighted by Crippen LogP contribution is 2.24. The molecule has 28 heavy (non-hydrogen) atoms. The quantitative estimate of drug-likeness (QED) is 0.511. The molecule has 0 fully saturated rings. The maximum atomic E-state index is 12.0. The Kier molecular flexibility index (Phi) is 7.08. The van der Waals surface area contributed by atoms with Crippen molar-refractivity contribution < 1.29 is 14.3 Å². The van der Waals surface area contributed by atoms with Crippen LogP contribution in [0.25, 0.3) is 5.69 Å². The minimum absolute atomic E-state index is 0.0798. The van der Waals surface area contributed by atoms with Gasteiger partial charge in [-0.3, -0.25) is 4.79 Å². The molecular weight excluding hydrogens is 422 g/mol. The van der Waals surface area contributed by atoms with Crippen molar-refractivity contribution in [2.75, 3.05) is 20.3 Å². The first-order valence-electron chi connectivity index (χ1n) is 8.99. The van der Waals surface area contributed by atoms with Crippen LogP contribution in [0.2, 0.25) is 0 Å². The van der Waals surface area contributed by atoms with Crippen molar-refractivity contribution >= 4 is 21.8 Å². The Morgan fingerprint density at radius 2 is 2.00 bits per heavy atom. The first kappa shape index (κ1) is 19.9. The van der Waals surface area contributed by atoms with Gasteiger partial charge in [0, 0.05) is 12.7 Å². The smallest absolute Gasteiger partial charge is 0.258 e. The molecule has 6 nitrogen and oxygen atoms in total. The van der Waals surface area contributed by atoms with Gasteiger partial charge in [0.25, 0.3) is 5.91 Å². The first-order chi connectivity index (χ1) is 13.7. The van der Waals surface area contributed by atoms with Gasteiger partial charge < -0.3 is 14.8 Å². The molecule has 2 aromatic carbocycles. The van der Waals surface area contributed by atoms with Crippen molar-refractivity contribution in [3.05, 3.63) is 70.8 Å². The molecule has 1 aromatic heterocycles. The fraction of sp³-hybridized carbons (Fsp3) is 0.238. The van der Waals surface area contributed by atoms with Gasteiger partial charge in [-0.15, -0.1) is 5.10 Å². The summed E-state index contributed by atoms with van der Waals surface area (Å²) < 4.78 is 13.2. The van der Waals surface area contributed by atoms with E-state index < -0.39 is 0 Å². The topological polar surface area (TPSA) is 65.4 Å². The Balaban J connectivity index is 1.41. The van der Waals surface area contributed by atoms with Gasteiger partial charge >= 0.3 is 0 Å². The van der Waals surface area contributed by atoms with Crippen LogP contribution in [0.3, 0.4) is 0 Å². The molecule has 0 aliphatic carbocycles. The molecule has 0 radical (unpaired) electrons. The molecule has 0 bridgehead atoms. The number of halogens is 1. The monoisotopic (exact) mass is 443 g/mol. The molecule has 0 aliphatic rings. The van der Waals surface area contributed by atoms with Gasteiger partial charge in [-0.05, 0) is 58.6 Å². The van der Waals surface area contributed by atoms with Crippen LogP contribution < -0.4 is 14.8 Å². The Labute approximate surface area is 172 Å². The number of hydrogen-bond acceptors (Lipinski definition) is 4. The lowest BCUT2D eigenvalue weighted by Gasteiger charge is -2.07. The fourth-order valence-corrected chi connectivity index (χ4v) is 3.07. The molecule has 0 saturated heterocycles. The van der Waals surface area contributed by atoms with Crippen molar-refractivity contribution in [1.29, 1.82) is 0 Å². The highest BCUT2D eigenvalue weighted by Gasteiger charge is 2.11. The Bertz CT molecular complexity index is 912. The summed E-state index contributed by atoms with van der Waals surface area (Å²) in [4.78, 5) is 12.0. The van der Waals surface area contributed by atoms with Crippen molar-refractivity contribution in [2.24, 2.45) is 0 Å². The highest BCUT2D eigenvalue weighted by atomic mass is 79.9. The number of hydrogen-bond donors (Lipinski definition) is 1. The summed E-state index contributed by atoms with van der Waals surface area (Å²) in [7, 11) is 1.65. The minimum atomic E-state index is -0.174. The number of para-hydroxylation sites is 1. The summed E-state index contributed by atoms with van der Waals surface area (Å²) in [6.45, 7) is 0.503. The van der Waals surface area contributed by atoms with E-state index in [1.165, 1.54) is 5.56 Å². The number of aromatic nitrogens is 2. The molecule has 0 unspecified atom stereocenters. The average Bonchev–Trinajstić information content (AvgIpc) is 3.11. The van der Waals surface area contributed by atoms with E-state index in [1.54, 1.807) is 18.0 Å². The Morgan fingerprint density at radius 3 is 2.79 bits per heavy atom. The molecular formula is C21H22BrN3O3. The fourth-order valence-electron chi connectivity index (χ4n) is 2.68. The van der Waals surface area contributed by atoms with Crippen molar-refractivity contribution in [3.63, 3.8) is 0 Å². The molecule has 1 amide bonds. The van der Waals surface area contributed by atoms with E-state index in [1.807, 2.05) is 54.6 Å². The van der Waals surface area contributed by atoms with Gasteiger partial charge in [0.05, 0.1) is 17.3 Å². The summed E-state index contributed by atoms with van der Waals surface area (Å²) >= 11 is 3.42. The van der Waals surface area contributed by atoms with Crippen molar-refractivity contribution in [2.45, 2.75) is 12.8 Å². The lowest BCUT2D eigenvalue weighted by atomic mass is 10.1. The zero-order valence-corrected chi connectivity index (χ0v) is 17.2. The molecule has 146 valence electrons. The largest absolute Gasteiger partial charge is 0.497 e. The van der Waals surface area contributed by atoms with Crippen LogP contribution in [0.5, 0.6) is 11.6 Å². The number of nitrogens with one attached hydrogen (secondary N) is 1. The zero-order chi connectivity index (χ0) is 19.8. The number of aryl methyl sites for hydroxylation is 1. The van der Waals surface area contributed by atoms with E-state index in [2.05, 4.69) is 26.3 Å². The van der Waals surface area contributed by atoms with Gasteiger partial charge in [-0.1, -0.05) is 30.3 Å². The first-order valence-corrected chi connectivity index (χ1v) is 9.78. The third kappa shape index (κ3) is 5.60. The predicted molar refractivity (Wildman–Crippen MR) is 111 cm³/mol. The lowest BCUT2D eigenvalue weighted by molar-refractivity contribution is -0.123. The van der Waals surface area contributed by atoms with Gasteiger partial charge in [0.2, 0.25) is 5.88 Å². The van der Waals surface area contributed by atoms with Crippen LogP contribution in [-0.4, -0.2) is 35.9 Å². The third-order valence-electron chi connectivity index (χ3n) is 4.10.